The molecule has 0 aliphatic rings. The molecule has 0 saturated carbocycles. The molecule has 1 aromatic rings. The van der Waals surface area contributed by atoms with Crippen molar-refractivity contribution in [3.05, 3.63) is 29.8 Å². The van der Waals surface area contributed by atoms with Gasteiger partial charge in [-0.15, -0.1) is 0 Å². The number of nitrogens with one attached hydrogen (secondary N) is 1. The van der Waals surface area contributed by atoms with E-state index in [1.165, 1.54) is 0 Å². The lowest BCUT2D eigenvalue weighted by Crippen LogP contribution is -2.31. The van der Waals surface area contributed by atoms with E-state index in [9.17, 15) is 8.78 Å². The van der Waals surface area contributed by atoms with Crippen LogP contribution in [0.1, 0.15) is 11.6 Å². The lowest BCUT2D eigenvalue weighted by atomic mass is 10.1. The molecule has 0 amide bonds. The smallest absolute Gasteiger partial charge is 0.250 e. The van der Waals surface area contributed by atoms with Crippen molar-refractivity contribution >= 4 is 0 Å². The summed E-state index contributed by atoms with van der Waals surface area (Å²) in [7, 11) is 1.56. The van der Waals surface area contributed by atoms with Gasteiger partial charge in [0.25, 0.3) is 6.43 Å². The van der Waals surface area contributed by atoms with E-state index in [0.717, 1.165) is 5.56 Å². The molecule has 0 saturated heterocycles. The van der Waals surface area contributed by atoms with Crippen LogP contribution in [-0.2, 0) is 0 Å². The summed E-state index contributed by atoms with van der Waals surface area (Å²) in [5.41, 5.74) is 6.38. The fraction of sp³-hybridized carbons (Fsp3) is 0.455. The van der Waals surface area contributed by atoms with E-state index in [4.69, 9.17) is 10.5 Å². The van der Waals surface area contributed by atoms with Crippen LogP contribution in [0.15, 0.2) is 24.3 Å². The summed E-state index contributed by atoms with van der Waals surface area (Å²) in [6, 6.07) is 6.95. The van der Waals surface area contributed by atoms with Crippen LogP contribution in [-0.4, -0.2) is 26.6 Å². The average Bonchev–Trinajstić information content (AvgIpc) is 2.30. The maximum Gasteiger partial charge on any atom is 0.250 e. The second kappa shape index (κ2) is 6.40. The normalized spacial score (nSPS) is 12.8. The number of benzene rings is 1. The molecule has 0 spiro atoms. The van der Waals surface area contributed by atoms with Crippen molar-refractivity contribution in [1.82, 2.24) is 5.32 Å². The monoisotopic (exact) mass is 230 g/mol. The summed E-state index contributed by atoms with van der Waals surface area (Å²) in [4.78, 5) is 0. The van der Waals surface area contributed by atoms with Gasteiger partial charge in [-0.1, -0.05) is 12.1 Å². The van der Waals surface area contributed by atoms with Gasteiger partial charge in [0.1, 0.15) is 5.75 Å². The minimum Gasteiger partial charge on any atom is -0.497 e. The van der Waals surface area contributed by atoms with Crippen LogP contribution in [0.3, 0.4) is 0 Å². The molecule has 3 N–H and O–H groups in total. The highest BCUT2D eigenvalue weighted by atomic mass is 19.3. The van der Waals surface area contributed by atoms with Gasteiger partial charge in [-0.25, -0.2) is 8.78 Å². The van der Waals surface area contributed by atoms with E-state index in [-0.39, 0.29) is 19.1 Å². The molecule has 0 aliphatic heterocycles. The number of methoxy groups -OCH3 is 1. The second-order valence-electron chi connectivity index (χ2n) is 3.36. The Bertz CT molecular complexity index is 321. The zero-order valence-electron chi connectivity index (χ0n) is 9.12. The largest absolute Gasteiger partial charge is 0.497 e. The molecule has 1 atom stereocenters. The second-order valence-corrected chi connectivity index (χ2v) is 3.36. The van der Waals surface area contributed by atoms with Gasteiger partial charge in [0.2, 0.25) is 0 Å². The van der Waals surface area contributed by atoms with Crippen molar-refractivity contribution in [3.8, 4) is 5.75 Å². The predicted molar refractivity (Wildman–Crippen MR) is 58.8 cm³/mol. The number of hydrogen-bond acceptors (Lipinski definition) is 3. The fourth-order valence-corrected chi connectivity index (χ4v) is 1.43. The first-order valence-corrected chi connectivity index (χ1v) is 5.03. The molecule has 1 rings (SSSR count). The van der Waals surface area contributed by atoms with Gasteiger partial charge in [-0.3, -0.25) is 0 Å². The molecule has 16 heavy (non-hydrogen) atoms. The molecular weight excluding hydrogens is 214 g/mol. The standard InChI is InChI=1S/C11H16F2N2O/c1-16-9-4-2-3-8(5-9)10(6-14)15-7-11(12)13/h2-5,10-11,15H,6-7,14H2,1H3. The van der Waals surface area contributed by atoms with Crippen LogP contribution in [0.5, 0.6) is 5.75 Å². The Labute approximate surface area is 93.6 Å². The lowest BCUT2D eigenvalue weighted by Gasteiger charge is -2.17. The zero-order valence-corrected chi connectivity index (χ0v) is 9.12. The quantitative estimate of drug-likeness (QED) is 0.779. The summed E-state index contributed by atoms with van der Waals surface area (Å²) in [5.74, 6) is 0.690. The Kier molecular flexibility index (Phi) is 5.14. The molecule has 1 unspecified atom stereocenters. The van der Waals surface area contributed by atoms with Gasteiger partial charge in [0, 0.05) is 12.6 Å². The highest BCUT2D eigenvalue weighted by Gasteiger charge is 2.12. The topological polar surface area (TPSA) is 47.3 Å². The van der Waals surface area contributed by atoms with E-state index >= 15 is 0 Å². The van der Waals surface area contributed by atoms with Gasteiger partial charge in [0.15, 0.2) is 0 Å². The molecule has 3 nitrogen and oxygen atoms in total. The third kappa shape index (κ3) is 3.75. The Morgan fingerprint density at radius 1 is 1.44 bits per heavy atom. The molecular formula is C11H16F2N2O. The maximum atomic E-state index is 12.1. The van der Waals surface area contributed by atoms with E-state index < -0.39 is 6.43 Å². The van der Waals surface area contributed by atoms with Crippen molar-refractivity contribution in [2.45, 2.75) is 12.5 Å². The molecule has 0 fully saturated rings. The molecule has 0 heterocycles. The number of alkyl halides is 2. The first-order chi connectivity index (χ1) is 7.67. The van der Waals surface area contributed by atoms with Crippen LogP contribution in [0.4, 0.5) is 8.78 Å². The van der Waals surface area contributed by atoms with Gasteiger partial charge < -0.3 is 15.8 Å². The highest BCUT2D eigenvalue weighted by molar-refractivity contribution is 5.30. The molecule has 1 aromatic carbocycles. The predicted octanol–water partition coefficient (Wildman–Crippen LogP) is 1.55. The van der Waals surface area contributed by atoms with Gasteiger partial charge >= 0.3 is 0 Å². The Morgan fingerprint density at radius 3 is 2.75 bits per heavy atom. The van der Waals surface area contributed by atoms with E-state index in [2.05, 4.69) is 5.32 Å². The summed E-state index contributed by atoms with van der Waals surface area (Å²) in [5, 5.41) is 2.71. The van der Waals surface area contributed by atoms with Crippen molar-refractivity contribution in [2.75, 3.05) is 20.2 Å². The molecule has 0 radical (unpaired) electrons. The number of halogens is 2. The van der Waals surface area contributed by atoms with E-state index in [1.54, 1.807) is 25.3 Å². The van der Waals surface area contributed by atoms with Crippen molar-refractivity contribution in [1.29, 1.82) is 0 Å². The Morgan fingerprint density at radius 2 is 2.19 bits per heavy atom. The van der Waals surface area contributed by atoms with Crippen molar-refractivity contribution < 1.29 is 13.5 Å². The first-order valence-electron chi connectivity index (χ1n) is 5.03. The number of ether oxygens (including phenoxy) is 1. The summed E-state index contributed by atoms with van der Waals surface area (Å²) < 4.78 is 29.2. The van der Waals surface area contributed by atoms with Gasteiger partial charge in [0.05, 0.1) is 13.7 Å². The molecule has 0 aliphatic carbocycles. The zero-order chi connectivity index (χ0) is 12.0. The highest BCUT2D eigenvalue weighted by Crippen LogP contribution is 2.18. The van der Waals surface area contributed by atoms with Crippen LogP contribution >= 0.6 is 0 Å². The van der Waals surface area contributed by atoms with Crippen molar-refractivity contribution in [3.63, 3.8) is 0 Å². The van der Waals surface area contributed by atoms with Crippen LogP contribution < -0.4 is 15.8 Å². The maximum absolute atomic E-state index is 12.1. The van der Waals surface area contributed by atoms with Crippen LogP contribution in [0.25, 0.3) is 0 Å². The third-order valence-corrected chi connectivity index (χ3v) is 2.25. The molecule has 5 heteroatoms. The van der Waals surface area contributed by atoms with Gasteiger partial charge in [-0.2, -0.15) is 0 Å². The Balaban J connectivity index is 2.70. The third-order valence-electron chi connectivity index (χ3n) is 2.25. The van der Waals surface area contributed by atoms with E-state index in [1.807, 2.05) is 6.07 Å². The van der Waals surface area contributed by atoms with Crippen molar-refractivity contribution in [2.24, 2.45) is 5.73 Å². The fourth-order valence-electron chi connectivity index (χ4n) is 1.43. The summed E-state index contributed by atoms with van der Waals surface area (Å²) >= 11 is 0. The number of nitrogens with two attached hydrogens (primary N) is 1. The number of rotatable bonds is 6. The van der Waals surface area contributed by atoms with Crippen LogP contribution in [0.2, 0.25) is 0 Å². The van der Waals surface area contributed by atoms with Gasteiger partial charge in [-0.05, 0) is 17.7 Å². The minimum absolute atomic E-state index is 0.264. The number of hydrogen-bond donors (Lipinski definition) is 2. The summed E-state index contributed by atoms with van der Waals surface area (Å²) in [6.45, 7) is -0.0982. The molecule has 0 aromatic heterocycles. The lowest BCUT2D eigenvalue weighted by molar-refractivity contribution is 0.141. The molecule has 0 bridgehead atoms. The molecule has 90 valence electrons. The SMILES string of the molecule is COc1cccc(C(CN)NCC(F)F)c1. The summed E-state index contributed by atoms with van der Waals surface area (Å²) in [6.07, 6.45) is -2.38. The van der Waals surface area contributed by atoms with E-state index in [0.29, 0.717) is 5.75 Å². The first kappa shape index (κ1) is 12.9. The van der Waals surface area contributed by atoms with Crippen LogP contribution in [0, 0.1) is 0 Å². The minimum atomic E-state index is -2.38. The Hall–Kier alpha value is -1.20. The average molecular weight is 230 g/mol.